The van der Waals surface area contributed by atoms with E-state index in [1.807, 2.05) is 6.07 Å². The van der Waals surface area contributed by atoms with Gasteiger partial charge in [-0.3, -0.25) is 4.79 Å². The third-order valence-corrected chi connectivity index (χ3v) is 2.50. The molecule has 0 heterocycles. The van der Waals surface area contributed by atoms with Crippen molar-refractivity contribution in [3.05, 3.63) is 29.8 Å². The Morgan fingerprint density at radius 1 is 1.55 bits per heavy atom. The minimum Gasteiger partial charge on any atom is -0.481 e. The number of amides is 1. The molecule has 1 amide bonds. The number of nitriles is 1. The predicted octanol–water partition coefficient (Wildman–Crippen LogP) is 1.09. The van der Waals surface area contributed by atoms with Crippen molar-refractivity contribution < 1.29 is 14.3 Å². The molecule has 1 aromatic carbocycles. The van der Waals surface area contributed by atoms with E-state index in [2.05, 4.69) is 11.2 Å². The normalized spacial score (nSPS) is 12.6. The summed E-state index contributed by atoms with van der Waals surface area (Å²) >= 11 is 0. The largest absolute Gasteiger partial charge is 0.481 e. The van der Waals surface area contributed by atoms with Crippen LogP contribution in [0.25, 0.3) is 0 Å². The van der Waals surface area contributed by atoms with Crippen LogP contribution < -0.4 is 10.1 Å². The van der Waals surface area contributed by atoms with Crippen molar-refractivity contribution >= 4 is 5.91 Å². The van der Waals surface area contributed by atoms with E-state index in [0.717, 1.165) is 0 Å². The van der Waals surface area contributed by atoms with Crippen molar-refractivity contribution in [3.8, 4) is 24.2 Å². The Hall–Kier alpha value is -2.50. The molecule has 0 bridgehead atoms. The zero-order valence-corrected chi connectivity index (χ0v) is 11.4. The van der Waals surface area contributed by atoms with Gasteiger partial charge in [0.2, 0.25) is 0 Å². The van der Waals surface area contributed by atoms with Gasteiger partial charge < -0.3 is 14.8 Å². The van der Waals surface area contributed by atoms with Crippen molar-refractivity contribution in [3.63, 3.8) is 0 Å². The molecule has 1 aromatic rings. The highest BCUT2D eigenvalue weighted by molar-refractivity contribution is 5.81. The summed E-state index contributed by atoms with van der Waals surface area (Å²) in [5.74, 6) is 2.53. The minimum atomic E-state index is -0.725. The summed E-state index contributed by atoms with van der Waals surface area (Å²) in [5.41, 5.74) is 0.469. The van der Waals surface area contributed by atoms with Crippen LogP contribution in [0.3, 0.4) is 0 Å². The molecule has 0 fully saturated rings. The molecule has 5 heteroatoms. The summed E-state index contributed by atoms with van der Waals surface area (Å²) in [4.78, 5) is 11.9. The van der Waals surface area contributed by atoms with Gasteiger partial charge in [0.15, 0.2) is 6.10 Å². The predicted molar refractivity (Wildman–Crippen MR) is 73.9 cm³/mol. The number of hydrogen-bond acceptors (Lipinski definition) is 4. The lowest BCUT2D eigenvalue weighted by molar-refractivity contribution is -0.127. The van der Waals surface area contributed by atoms with Crippen molar-refractivity contribution in [2.24, 2.45) is 0 Å². The molecule has 1 rings (SSSR count). The van der Waals surface area contributed by atoms with Gasteiger partial charge in [0.05, 0.1) is 18.2 Å². The number of rotatable bonds is 6. The van der Waals surface area contributed by atoms with Crippen LogP contribution in [0.4, 0.5) is 0 Å². The zero-order chi connectivity index (χ0) is 15.0. The lowest BCUT2D eigenvalue weighted by Crippen LogP contribution is -2.43. The summed E-state index contributed by atoms with van der Waals surface area (Å²) in [6, 6.07) is 8.10. The molecule has 0 saturated heterocycles. The number of carbonyl (C=O) groups is 1. The first-order valence-corrected chi connectivity index (χ1v) is 6.03. The van der Waals surface area contributed by atoms with Crippen LogP contribution in [0.15, 0.2) is 24.3 Å². The maximum atomic E-state index is 11.9. The Kier molecular flexibility index (Phi) is 6.09. The Balaban J connectivity index is 2.61. The standard InChI is InChI=1S/C15H16N2O3/c1-4-13(10-19-3)17-15(18)11(2)20-14-7-5-6-12(8-14)9-16/h1,5-8,11,13H,10H2,2-3H3,(H,17,18)/t11-,13+/m1/s1. The van der Waals surface area contributed by atoms with Gasteiger partial charge in [0.1, 0.15) is 11.8 Å². The van der Waals surface area contributed by atoms with Gasteiger partial charge in [-0.1, -0.05) is 12.0 Å². The molecule has 0 saturated carbocycles. The van der Waals surface area contributed by atoms with E-state index in [9.17, 15) is 4.79 Å². The van der Waals surface area contributed by atoms with Crippen LogP contribution >= 0.6 is 0 Å². The Labute approximate surface area is 118 Å². The van der Waals surface area contributed by atoms with Gasteiger partial charge in [0, 0.05) is 7.11 Å². The number of nitrogens with one attached hydrogen (secondary N) is 1. The second-order valence-electron chi connectivity index (χ2n) is 4.08. The molecule has 2 atom stereocenters. The highest BCUT2D eigenvalue weighted by Crippen LogP contribution is 2.14. The highest BCUT2D eigenvalue weighted by atomic mass is 16.5. The van der Waals surface area contributed by atoms with Gasteiger partial charge in [-0.2, -0.15) is 5.26 Å². The van der Waals surface area contributed by atoms with Crippen LogP contribution in [-0.2, 0) is 9.53 Å². The summed E-state index contributed by atoms with van der Waals surface area (Å²) in [6.45, 7) is 1.84. The molecular formula is C15H16N2O3. The maximum absolute atomic E-state index is 11.9. The third kappa shape index (κ3) is 4.64. The average molecular weight is 272 g/mol. The Bertz CT molecular complexity index is 543. The summed E-state index contributed by atoms with van der Waals surface area (Å²) in [7, 11) is 1.50. The molecule has 5 nitrogen and oxygen atoms in total. The zero-order valence-electron chi connectivity index (χ0n) is 11.4. The molecule has 0 aliphatic rings. The van der Waals surface area contributed by atoms with E-state index in [-0.39, 0.29) is 12.5 Å². The minimum absolute atomic E-state index is 0.235. The molecule has 20 heavy (non-hydrogen) atoms. The summed E-state index contributed by atoms with van der Waals surface area (Å²) in [6.07, 6.45) is 4.55. The number of ether oxygens (including phenoxy) is 2. The molecule has 0 aliphatic heterocycles. The fourth-order valence-electron chi connectivity index (χ4n) is 1.48. The van der Waals surface area contributed by atoms with Crippen LogP contribution in [0.5, 0.6) is 5.75 Å². The van der Waals surface area contributed by atoms with Gasteiger partial charge >= 0.3 is 0 Å². The molecule has 0 aliphatic carbocycles. The average Bonchev–Trinajstić information content (AvgIpc) is 2.46. The van der Waals surface area contributed by atoms with E-state index in [0.29, 0.717) is 11.3 Å². The van der Waals surface area contributed by atoms with Crippen LogP contribution in [0, 0.1) is 23.7 Å². The fourth-order valence-corrected chi connectivity index (χ4v) is 1.48. The van der Waals surface area contributed by atoms with Crippen molar-refractivity contribution in [1.29, 1.82) is 5.26 Å². The second-order valence-corrected chi connectivity index (χ2v) is 4.08. The van der Waals surface area contributed by atoms with Gasteiger partial charge in [-0.05, 0) is 25.1 Å². The summed E-state index contributed by atoms with van der Waals surface area (Å²) < 4.78 is 10.4. The lowest BCUT2D eigenvalue weighted by Gasteiger charge is -2.17. The molecular weight excluding hydrogens is 256 g/mol. The van der Waals surface area contributed by atoms with E-state index >= 15 is 0 Å². The maximum Gasteiger partial charge on any atom is 0.261 e. The van der Waals surface area contributed by atoms with E-state index in [4.69, 9.17) is 21.2 Å². The number of hydrogen-bond donors (Lipinski definition) is 1. The lowest BCUT2D eigenvalue weighted by atomic mass is 10.2. The van der Waals surface area contributed by atoms with Crippen LogP contribution in [-0.4, -0.2) is 31.8 Å². The summed E-state index contributed by atoms with van der Waals surface area (Å²) in [5, 5.41) is 11.4. The number of carbonyl (C=O) groups excluding carboxylic acids is 1. The SMILES string of the molecule is C#C[C@@H](COC)NC(=O)[C@@H](C)Oc1cccc(C#N)c1. The topological polar surface area (TPSA) is 71.3 Å². The van der Waals surface area contributed by atoms with E-state index in [1.165, 1.54) is 7.11 Å². The van der Waals surface area contributed by atoms with Crippen LogP contribution in [0.2, 0.25) is 0 Å². The van der Waals surface area contributed by atoms with Crippen molar-refractivity contribution in [2.75, 3.05) is 13.7 Å². The first-order chi connectivity index (χ1) is 9.60. The molecule has 1 N–H and O–H groups in total. The number of terminal acetylenes is 1. The van der Waals surface area contributed by atoms with Crippen molar-refractivity contribution in [2.45, 2.75) is 19.1 Å². The van der Waals surface area contributed by atoms with E-state index in [1.54, 1.807) is 31.2 Å². The molecule has 0 aromatic heterocycles. The molecule has 0 radical (unpaired) electrons. The smallest absolute Gasteiger partial charge is 0.261 e. The van der Waals surface area contributed by atoms with E-state index < -0.39 is 12.1 Å². The number of benzene rings is 1. The van der Waals surface area contributed by atoms with Gasteiger partial charge in [-0.15, -0.1) is 6.42 Å². The Morgan fingerprint density at radius 3 is 2.90 bits per heavy atom. The second kappa shape index (κ2) is 7.83. The first kappa shape index (κ1) is 15.6. The number of nitrogens with zero attached hydrogens (tertiary/aromatic N) is 1. The molecule has 104 valence electrons. The Morgan fingerprint density at radius 2 is 2.30 bits per heavy atom. The van der Waals surface area contributed by atoms with Gasteiger partial charge in [0.25, 0.3) is 5.91 Å². The number of methoxy groups -OCH3 is 1. The molecule has 0 unspecified atom stereocenters. The monoisotopic (exact) mass is 272 g/mol. The van der Waals surface area contributed by atoms with Gasteiger partial charge in [-0.25, -0.2) is 0 Å². The quantitative estimate of drug-likeness (QED) is 0.787. The third-order valence-electron chi connectivity index (χ3n) is 2.50. The first-order valence-electron chi connectivity index (χ1n) is 6.03. The van der Waals surface area contributed by atoms with Crippen LogP contribution in [0.1, 0.15) is 12.5 Å². The fraction of sp³-hybridized carbons (Fsp3) is 0.333. The van der Waals surface area contributed by atoms with Crippen molar-refractivity contribution in [1.82, 2.24) is 5.32 Å². The highest BCUT2D eigenvalue weighted by Gasteiger charge is 2.17. The molecule has 0 spiro atoms.